The van der Waals surface area contributed by atoms with Gasteiger partial charge in [0.15, 0.2) is 0 Å². The molecule has 0 saturated carbocycles. The molecule has 1 aliphatic heterocycles. The molecule has 0 spiro atoms. The average Bonchev–Trinajstić information content (AvgIpc) is 3.39. The van der Waals surface area contributed by atoms with Crippen molar-refractivity contribution in [3.63, 3.8) is 0 Å². The number of amides is 1. The molecule has 1 unspecified atom stereocenters. The van der Waals surface area contributed by atoms with Gasteiger partial charge in [0.1, 0.15) is 30.5 Å². The van der Waals surface area contributed by atoms with E-state index in [9.17, 15) is 31.1 Å². The van der Waals surface area contributed by atoms with Crippen molar-refractivity contribution < 1.29 is 40.3 Å². The highest BCUT2D eigenvalue weighted by Crippen LogP contribution is 2.40. The quantitative estimate of drug-likeness (QED) is 0.396. The van der Waals surface area contributed by atoms with Crippen LogP contribution >= 0.6 is 0 Å². The Morgan fingerprint density at radius 2 is 1.89 bits per heavy atom. The molecule has 5 rings (SSSR count). The Hall–Kier alpha value is -4.17. The number of alkyl halides is 6. The third kappa shape index (κ3) is 4.23. The van der Waals surface area contributed by atoms with Gasteiger partial charge in [-0.1, -0.05) is 0 Å². The van der Waals surface area contributed by atoms with Gasteiger partial charge in [-0.3, -0.25) is 9.48 Å². The van der Waals surface area contributed by atoms with E-state index >= 15 is 4.39 Å². The molecule has 1 aliphatic rings. The summed E-state index contributed by atoms with van der Waals surface area (Å²) < 4.78 is 101. The highest BCUT2D eigenvalue weighted by Gasteiger charge is 2.43. The summed E-state index contributed by atoms with van der Waals surface area (Å²) >= 11 is 0. The lowest BCUT2D eigenvalue weighted by molar-refractivity contribution is -0.145. The van der Waals surface area contributed by atoms with Gasteiger partial charge in [0.2, 0.25) is 5.88 Å². The Balaban J connectivity index is 1.62. The largest absolute Gasteiger partial charge is 0.475 e. The number of nitrogens with zero attached hydrogens (tertiary/aromatic N) is 5. The van der Waals surface area contributed by atoms with Gasteiger partial charge in [-0.2, -0.15) is 31.4 Å². The number of ether oxygens (including phenoxy) is 1. The minimum atomic E-state index is -4.92. The number of aryl methyl sites for hydroxylation is 1. The summed E-state index contributed by atoms with van der Waals surface area (Å²) in [5.41, 5.74) is 4.11. The van der Waals surface area contributed by atoms with Gasteiger partial charge in [-0.15, -0.1) is 0 Å². The van der Waals surface area contributed by atoms with E-state index < -0.39 is 60.4 Å². The highest BCUT2D eigenvalue weighted by molar-refractivity contribution is 6.10. The average molecular weight is 528 g/mol. The molecule has 0 fully saturated rings. The Kier molecular flexibility index (Phi) is 5.42. The van der Waals surface area contributed by atoms with Crippen molar-refractivity contribution >= 4 is 33.5 Å². The first-order chi connectivity index (χ1) is 17.2. The van der Waals surface area contributed by atoms with Gasteiger partial charge in [0, 0.05) is 24.1 Å². The third-order valence-corrected chi connectivity index (χ3v) is 5.93. The van der Waals surface area contributed by atoms with Crippen LogP contribution in [0.4, 0.5) is 36.6 Å². The standard InChI is InChI=1S/C22H15F7N6O2/c1-34-17-11-4-10(13(23)5-14(11)32-18(30)12(17)6-31-34)20(36)35(8-21(24,25)26)15-7-37-19-9(15)2-3-16(33-19)22(27,28)29/h2-6,15H,7-8H2,1H3,(H2,30,32). The van der Waals surface area contributed by atoms with E-state index in [-0.39, 0.29) is 22.3 Å². The first-order valence-electron chi connectivity index (χ1n) is 10.5. The molecule has 1 amide bonds. The van der Waals surface area contributed by atoms with E-state index in [2.05, 4.69) is 15.1 Å². The van der Waals surface area contributed by atoms with Crippen molar-refractivity contribution in [2.24, 2.45) is 7.05 Å². The number of nitrogens with two attached hydrogens (primary N) is 1. The van der Waals surface area contributed by atoms with E-state index in [0.29, 0.717) is 21.9 Å². The molecule has 4 heterocycles. The van der Waals surface area contributed by atoms with E-state index in [4.69, 9.17) is 10.5 Å². The Morgan fingerprint density at radius 3 is 2.57 bits per heavy atom. The monoisotopic (exact) mass is 528 g/mol. The zero-order chi connectivity index (χ0) is 26.9. The van der Waals surface area contributed by atoms with Gasteiger partial charge in [0.25, 0.3) is 5.91 Å². The molecule has 8 nitrogen and oxygen atoms in total. The fraction of sp³-hybridized carbons (Fsp3) is 0.273. The number of rotatable bonds is 3. The summed E-state index contributed by atoms with van der Waals surface area (Å²) in [5, 5.41) is 4.65. The van der Waals surface area contributed by atoms with Crippen molar-refractivity contribution in [1.29, 1.82) is 0 Å². The number of halogens is 7. The first kappa shape index (κ1) is 24.5. The number of fused-ring (bicyclic) bond motifs is 4. The van der Waals surface area contributed by atoms with Crippen LogP contribution in [0.1, 0.15) is 27.7 Å². The van der Waals surface area contributed by atoms with E-state index in [1.807, 2.05) is 0 Å². The third-order valence-electron chi connectivity index (χ3n) is 5.93. The zero-order valence-electron chi connectivity index (χ0n) is 18.7. The number of carbonyl (C=O) groups excluding carboxylic acids is 1. The highest BCUT2D eigenvalue weighted by atomic mass is 19.4. The Morgan fingerprint density at radius 1 is 1.16 bits per heavy atom. The molecule has 1 atom stereocenters. The van der Waals surface area contributed by atoms with Crippen LogP contribution in [-0.4, -0.2) is 49.9 Å². The maximum Gasteiger partial charge on any atom is 0.433 e. The molecule has 0 radical (unpaired) electrons. The topological polar surface area (TPSA) is 99.2 Å². The molecular weight excluding hydrogens is 513 g/mol. The molecule has 0 saturated heterocycles. The van der Waals surface area contributed by atoms with Crippen molar-refractivity contribution in [2.45, 2.75) is 18.4 Å². The summed E-state index contributed by atoms with van der Waals surface area (Å²) in [6, 6.07) is 1.90. The van der Waals surface area contributed by atoms with Gasteiger partial charge in [-0.25, -0.2) is 14.4 Å². The maximum absolute atomic E-state index is 15.1. The van der Waals surface area contributed by atoms with E-state index in [0.717, 1.165) is 18.2 Å². The SMILES string of the molecule is Cn1ncc2c(N)nc3cc(F)c(C(=O)N(CC(F)(F)F)C4COc5nc(C(F)(F)F)ccc54)cc3c21. The molecule has 194 valence electrons. The number of hydrogen-bond acceptors (Lipinski definition) is 6. The molecule has 2 N–H and O–H groups in total. The van der Waals surface area contributed by atoms with Crippen LogP contribution in [0, 0.1) is 5.82 Å². The predicted octanol–water partition coefficient (Wildman–Crippen LogP) is 4.39. The number of hydrogen-bond donors (Lipinski definition) is 1. The summed E-state index contributed by atoms with van der Waals surface area (Å²) in [7, 11) is 1.55. The second-order valence-corrected chi connectivity index (χ2v) is 8.34. The minimum Gasteiger partial charge on any atom is -0.475 e. The zero-order valence-corrected chi connectivity index (χ0v) is 18.7. The molecule has 0 aliphatic carbocycles. The number of benzene rings is 1. The Labute approximate surface area is 202 Å². The van der Waals surface area contributed by atoms with Crippen LogP contribution in [0.2, 0.25) is 0 Å². The lowest BCUT2D eigenvalue weighted by Gasteiger charge is -2.29. The molecule has 15 heteroatoms. The van der Waals surface area contributed by atoms with Crippen LogP contribution < -0.4 is 10.5 Å². The first-order valence-corrected chi connectivity index (χ1v) is 10.5. The van der Waals surface area contributed by atoms with Gasteiger partial charge in [-0.05, 0) is 18.2 Å². The summed E-state index contributed by atoms with van der Waals surface area (Å²) in [6.07, 6.45) is -8.34. The summed E-state index contributed by atoms with van der Waals surface area (Å²) in [6.45, 7) is -2.43. The second-order valence-electron chi connectivity index (χ2n) is 8.34. The summed E-state index contributed by atoms with van der Waals surface area (Å²) in [4.78, 5) is 21.1. The Bertz CT molecular complexity index is 1560. The van der Waals surface area contributed by atoms with Crippen molar-refractivity contribution in [3.8, 4) is 5.88 Å². The van der Waals surface area contributed by atoms with Crippen LogP contribution in [0.15, 0.2) is 30.5 Å². The number of anilines is 1. The van der Waals surface area contributed by atoms with Crippen molar-refractivity contribution in [2.75, 3.05) is 18.9 Å². The lowest BCUT2D eigenvalue weighted by atomic mass is 10.0. The van der Waals surface area contributed by atoms with Crippen LogP contribution in [0.25, 0.3) is 21.8 Å². The van der Waals surface area contributed by atoms with E-state index in [1.54, 1.807) is 7.05 Å². The van der Waals surface area contributed by atoms with Crippen LogP contribution in [0.5, 0.6) is 5.88 Å². The van der Waals surface area contributed by atoms with Crippen molar-refractivity contribution in [3.05, 3.63) is 53.1 Å². The normalized spacial score (nSPS) is 15.7. The fourth-order valence-corrected chi connectivity index (χ4v) is 4.30. The maximum atomic E-state index is 15.1. The molecule has 4 aromatic rings. The molecule has 0 bridgehead atoms. The van der Waals surface area contributed by atoms with E-state index in [1.165, 1.54) is 10.9 Å². The minimum absolute atomic E-state index is 0.0400. The number of nitrogen functional groups attached to an aromatic ring is 1. The molecule has 3 aromatic heterocycles. The van der Waals surface area contributed by atoms with Crippen LogP contribution in [-0.2, 0) is 13.2 Å². The fourth-order valence-electron chi connectivity index (χ4n) is 4.30. The lowest BCUT2D eigenvalue weighted by Crippen LogP contribution is -2.42. The number of pyridine rings is 2. The van der Waals surface area contributed by atoms with Gasteiger partial charge >= 0.3 is 12.4 Å². The number of carbonyl (C=O) groups is 1. The van der Waals surface area contributed by atoms with Gasteiger partial charge < -0.3 is 15.4 Å². The second kappa shape index (κ2) is 8.18. The number of aromatic nitrogens is 4. The molecule has 1 aromatic carbocycles. The predicted molar refractivity (Wildman–Crippen MR) is 115 cm³/mol. The van der Waals surface area contributed by atoms with Crippen molar-refractivity contribution in [1.82, 2.24) is 24.6 Å². The summed E-state index contributed by atoms with van der Waals surface area (Å²) in [5.74, 6) is -3.04. The molecule has 37 heavy (non-hydrogen) atoms. The van der Waals surface area contributed by atoms with Crippen LogP contribution in [0.3, 0.4) is 0 Å². The van der Waals surface area contributed by atoms with Gasteiger partial charge in [0.05, 0.1) is 34.2 Å². The molecular formula is C22H15F7N6O2. The smallest absolute Gasteiger partial charge is 0.433 e.